The average Bonchev–Trinajstić information content (AvgIpc) is 2.98. The van der Waals surface area contributed by atoms with Crippen molar-refractivity contribution < 1.29 is 72.4 Å². The summed E-state index contributed by atoms with van der Waals surface area (Å²) in [6.45, 7) is 3.03. The molecule has 1 heterocycles. The summed E-state index contributed by atoms with van der Waals surface area (Å²) in [6, 6.07) is 0.923. The molecule has 268 valence electrons. The molecule has 1 saturated heterocycles. The van der Waals surface area contributed by atoms with E-state index in [0.717, 1.165) is 45.9 Å². The van der Waals surface area contributed by atoms with Crippen molar-refractivity contribution in [3.63, 3.8) is 0 Å². The van der Waals surface area contributed by atoms with Gasteiger partial charge in [-0.2, -0.15) is 0 Å². The van der Waals surface area contributed by atoms with Crippen molar-refractivity contribution >= 4 is 115 Å². The fraction of sp³-hybridized carbons (Fsp3) is 0.345. The van der Waals surface area contributed by atoms with Gasteiger partial charge in [0.05, 0.1) is 16.1 Å². The maximum atomic E-state index is 14.4. The summed E-state index contributed by atoms with van der Waals surface area (Å²) in [5.74, 6) is -11.4. The van der Waals surface area contributed by atoms with Crippen LogP contribution in [-0.2, 0) is 42.9 Å². The van der Waals surface area contributed by atoms with Gasteiger partial charge in [-0.3, -0.25) is 34.1 Å². The Morgan fingerprint density at radius 1 is 0.860 bits per heavy atom. The zero-order chi connectivity index (χ0) is 38.0. The van der Waals surface area contributed by atoms with Crippen LogP contribution in [0, 0.1) is 20.8 Å². The fourth-order valence-corrected chi connectivity index (χ4v) is 9.78. The molecule has 1 unspecified atom stereocenters. The highest BCUT2D eigenvalue weighted by atomic mass is 127. The molecule has 2 aromatic rings. The molecular weight excluding hydrogens is 1010 g/mol. The Morgan fingerprint density at radius 3 is 1.82 bits per heavy atom. The van der Waals surface area contributed by atoms with Crippen molar-refractivity contribution in [2.75, 3.05) is 6.61 Å². The molecule has 0 amide bonds. The molecule has 0 aromatic heterocycles. The molecule has 0 radical (unpaired) electrons. The standard InChI is InChI=1S/C29H25I3N2O16/c1-9(35)46-8-16-23(47-10(2)36)24(48-11(3)37)25(33)29(50-16,49-12(4)38)26(39)14-6-5-13(7-15(14)34(44)45)17-20(30)18(27(40)41)22(32)19(21(17)31)28(42)43/h5-7,16,23-25H,8,33H2,1-4H3,(H,40,41)(H,42,43)/t16-,23-,24+,25-,29?/m1/s1. The van der Waals surface area contributed by atoms with E-state index in [1.54, 1.807) is 67.8 Å². The quantitative estimate of drug-likeness (QED) is 0.0728. The topological polar surface area (TPSA) is 275 Å². The van der Waals surface area contributed by atoms with Crippen LogP contribution in [0.25, 0.3) is 11.1 Å². The number of nitro benzene ring substituents is 1. The third-order valence-electron chi connectivity index (χ3n) is 6.95. The maximum absolute atomic E-state index is 14.4. The predicted molar refractivity (Wildman–Crippen MR) is 190 cm³/mol. The van der Waals surface area contributed by atoms with Crippen LogP contribution in [0.15, 0.2) is 18.2 Å². The van der Waals surface area contributed by atoms with Gasteiger partial charge in [-0.25, -0.2) is 9.59 Å². The fourth-order valence-electron chi connectivity index (χ4n) is 5.07. The van der Waals surface area contributed by atoms with Gasteiger partial charge in [0.1, 0.15) is 24.3 Å². The molecule has 1 aliphatic heterocycles. The second-order valence-corrected chi connectivity index (χ2v) is 13.6. The van der Waals surface area contributed by atoms with Gasteiger partial charge < -0.3 is 39.6 Å². The molecule has 0 spiro atoms. The number of aromatic carboxylic acids is 2. The molecule has 1 fully saturated rings. The van der Waals surface area contributed by atoms with Crippen molar-refractivity contribution in [3.8, 4) is 11.1 Å². The molecule has 3 rings (SSSR count). The number of hydrogen-bond donors (Lipinski definition) is 3. The number of ketones is 1. The summed E-state index contributed by atoms with van der Waals surface area (Å²) in [5.41, 5.74) is 3.82. The van der Waals surface area contributed by atoms with Crippen LogP contribution in [0.4, 0.5) is 5.69 Å². The molecule has 18 nitrogen and oxygen atoms in total. The normalized spacial score (nSPS) is 21.4. The van der Waals surface area contributed by atoms with Gasteiger partial charge in [0, 0.05) is 50.0 Å². The first kappa shape index (κ1) is 40.9. The number of esters is 4. The molecular formula is C29H25I3N2O16. The van der Waals surface area contributed by atoms with E-state index in [1.165, 1.54) is 0 Å². The van der Waals surface area contributed by atoms with Crippen LogP contribution in [-0.4, -0.2) is 93.5 Å². The SMILES string of the molecule is CC(=O)OC[C@H]1OC(OC(C)=O)(C(=O)c2ccc(-c3c(I)c(C(=O)O)c(I)c(C(=O)O)c3I)cc2[N+](=O)[O-])[C@H](N)[C@@H](OC(C)=O)[C@@H]1OC(C)=O. The number of carboxylic acid groups (broad SMARTS) is 2. The largest absolute Gasteiger partial charge is 0.478 e. The summed E-state index contributed by atoms with van der Waals surface area (Å²) in [7, 11) is 0. The number of Topliss-reactive ketones (excluding diaryl/α,β-unsaturated/α-hetero) is 1. The van der Waals surface area contributed by atoms with Crippen molar-refractivity contribution in [1.29, 1.82) is 0 Å². The van der Waals surface area contributed by atoms with Crippen LogP contribution in [0.3, 0.4) is 0 Å². The Bertz CT molecular complexity index is 1790. The number of carbonyl (C=O) groups excluding carboxylic acids is 5. The lowest BCUT2D eigenvalue weighted by Gasteiger charge is -2.48. The van der Waals surface area contributed by atoms with Gasteiger partial charge in [0.25, 0.3) is 11.5 Å². The van der Waals surface area contributed by atoms with E-state index < -0.39 is 94.5 Å². The third-order valence-corrected chi connectivity index (χ3v) is 10.2. The van der Waals surface area contributed by atoms with Crippen molar-refractivity contribution in [2.24, 2.45) is 5.73 Å². The minimum Gasteiger partial charge on any atom is -0.478 e. The van der Waals surface area contributed by atoms with E-state index in [0.29, 0.717) is 0 Å². The van der Waals surface area contributed by atoms with E-state index in [4.69, 9.17) is 29.4 Å². The van der Waals surface area contributed by atoms with E-state index >= 15 is 0 Å². The number of hydrogen-bond acceptors (Lipinski definition) is 15. The summed E-state index contributed by atoms with van der Waals surface area (Å²) in [5, 5.41) is 32.2. The molecule has 4 N–H and O–H groups in total. The lowest BCUT2D eigenvalue weighted by atomic mass is 9.84. The first-order chi connectivity index (χ1) is 23.2. The van der Waals surface area contributed by atoms with Gasteiger partial charge in [0.15, 0.2) is 12.2 Å². The van der Waals surface area contributed by atoms with Crippen LogP contribution >= 0.6 is 67.8 Å². The lowest BCUT2D eigenvalue weighted by molar-refractivity contribution is -0.385. The smallest absolute Gasteiger partial charge is 0.337 e. The first-order valence-corrected chi connectivity index (χ1v) is 17.0. The number of nitro groups is 1. The molecule has 0 bridgehead atoms. The van der Waals surface area contributed by atoms with Gasteiger partial charge >= 0.3 is 35.8 Å². The Balaban J connectivity index is 2.36. The van der Waals surface area contributed by atoms with Crippen molar-refractivity contribution in [1.82, 2.24) is 0 Å². The number of rotatable bonds is 11. The number of ether oxygens (including phenoxy) is 5. The third kappa shape index (κ3) is 8.31. The summed E-state index contributed by atoms with van der Waals surface area (Å²) < 4.78 is 26.7. The van der Waals surface area contributed by atoms with E-state index in [9.17, 15) is 53.9 Å². The monoisotopic (exact) mass is 1040 g/mol. The number of halogens is 3. The summed E-state index contributed by atoms with van der Waals surface area (Å²) in [6.07, 6.45) is -5.16. The molecule has 21 heteroatoms. The molecule has 1 aliphatic rings. The van der Waals surface area contributed by atoms with E-state index in [2.05, 4.69) is 0 Å². The Hall–Kier alpha value is -3.56. The highest BCUT2D eigenvalue weighted by Gasteiger charge is 2.63. The molecule has 0 saturated carbocycles. The van der Waals surface area contributed by atoms with Crippen molar-refractivity contribution in [3.05, 3.63) is 55.7 Å². The van der Waals surface area contributed by atoms with Gasteiger partial charge in [-0.05, 0) is 79.4 Å². The van der Waals surface area contributed by atoms with Gasteiger partial charge in [0.2, 0.25) is 5.78 Å². The number of carbonyl (C=O) groups is 7. The Labute approximate surface area is 322 Å². The minimum absolute atomic E-state index is 0.00979. The lowest BCUT2D eigenvalue weighted by Crippen LogP contribution is -2.73. The first-order valence-electron chi connectivity index (χ1n) is 13.8. The highest BCUT2D eigenvalue weighted by molar-refractivity contribution is 14.1. The van der Waals surface area contributed by atoms with Crippen LogP contribution < -0.4 is 5.73 Å². The average molecular weight is 1040 g/mol. The molecule has 50 heavy (non-hydrogen) atoms. The summed E-state index contributed by atoms with van der Waals surface area (Å²) >= 11 is 4.91. The molecule has 2 aromatic carbocycles. The van der Waals surface area contributed by atoms with Gasteiger partial charge in [-0.1, -0.05) is 6.07 Å². The Kier molecular flexibility index (Phi) is 13.2. The number of nitrogens with zero attached hydrogens (tertiary/aromatic N) is 1. The maximum Gasteiger partial charge on any atom is 0.337 e. The van der Waals surface area contributed by atoms with E-state index in [1.807, 2.05) is 0 Å². The zero-order valence-electron chi connectivity index (χ0n) is 26.0. The van der Waals surface area contributed by atoms with Crippen LogP contribution in [0.5, 0.6) is 0 Å². The zero-order valence-corrected chi connectivity index (χ0v) is 32.5. The highest BCUT2D eigenvalue weighted by Crippen LogP contribution is 2.42. The number of benzene rings is 2. The van der Waals surface area contributed by atoms with E-state index in [-0.39, 0.29) is 33.0 Å². The predicted octanol–water partition coefficient (Wildman–Crippen LogP) is 3.07. The molecule has 0 aliphatic carbocycles. The van der Waals surface area contributed by atoms with Gasteiger partial charge in [-0.15, -0.1) is 0 Å². The molecule has 5 atom stereocenters. The minimum atomic E-state index is -3.03. The number of carboxylic acids is 2. The second-order valence-electron chi connectivity index (χ2n) is 10.4. The Morgan fingerprint density at radius 2 is 1.38 bits per heavy atom. The van der Waals surface area contributed by atoms with Crippen LogP contribution in [0.1, 0.15) is 58.8 Å². The second kappa shape index (κ2) is 16.2. The summed E-state index contributed by atoms with van der Waals surface area (Å²) in [4.78, 5) is 98.6. The van der Waals surface area contributed by atoms with Crippen LogP contribution in [0.2, 0.25) is 0 Å². The van der Waals surface area contributed by atoms with Crippen molar-refractivity contribution in [2.45, 2.75) is 57.8 Å². The number of nitrogens with two attached hydrogens (primary N) is 1.